The molecule has 3 aromatic carbocycles. The van der Waals surface area contributed by atoms with Gasteiger partial charge in [-0.15, -0.1) is 23.4 Å². The molecule has 0 aliphatic carbocycles. The molecule has 364 valence electrons. The second kappa shape index (κ2) is 23.1. The van der Waals surface area contributed by atoms with Crippen molar-refractivity contribution in [2.75, 3.05) is 84.9 Å². The number of halogens is 1. The number of hydrogen-bond donors (Lipinski definition) is 4. The number of imide groups is 1. The number of rotatable bonds is 21. The summed E-state index contributed by atoms with van der Waals surface area (Å²) in [6.07, 6.45) is 5.43. The molecule has 7 rings (SSSR count). The van der Waals surface area contributed by atoms with Gasteiger partial charge in [-0.1, -0.05) is 36.2 Å². The summed E-state index contributed by atoms with van der Waals surface area (Å²) < 4.78 is 7.69. The smallest absolute Gasteiger partial charge is 0.345 e. The number of thioether (sulfide) groups is 1. The molecule has 3 unspecified atom stereocenters. The summed E-state index contributed by atoms with van der Waals surface area (Å²) in [6, 6.07) is 22.5. The standard InChI is InChI=1S/C48H59ClN8O9S2/c1-31(10-13-41(60)50-29-58)53(3)39-12-11-37(26-40(39)52(2)30-59)54-18-16-36(17-19-54)56-22-23-57(48(56)65)38-9-4-6-32(24-38)28-67-55-20-14-34(15-21-55)51-35-8-5-7-33(25-35)45-43(49)44(66-27-42(61)62)46(68-45)47(63)64/h4-9,11-12,24-26,29-31,34,36,43,45,51H,10,13-23,27-28H2,1-3H3,(H,61,62)(H,63,64)(H,50,58,60). The minimum atomic E-state index is -1.21. The van der Waals surface area contributed by atoms with Crippen molar-refractivity contribution in [2.45, 2.75) is 80.0 Å². The molecule has 0 bridgehead atoms. The first-order valence-electron chi connectivity index (χ1n) is 22.8. The number of allylic oxidation sites excluding steroid dienone is 1. The van der Waals surface area contributed by atoms with E-state index in [1.807, 2.05) is 77.2 Å². The molecule has 4 N–H and O–H groups in total. The number of alkyl halides is 1. The van der Waals surface area contributed by atoms with Crippen LogP contribution in [0.3, 0.4) is 0 Å². The Morgan fingerprint density at radius 3 is 2.38 bits per heavy atom. The van der Waals surface area contributed by atoms with Crippen LogP contribution >= 0.6 is 35.3 Å². The van der Waals surface area contributed by atoms with Gasteiger partial charge in [-0.05, 0) is 92.6 Å². The van der Waals surface area contributed by atoms with E-state index in [1.54, 1.807) is 23.9 Å². The van der Waals surface area contributed by atoms with E-state index in [-0.39, 0.29) is 47.1 Å². The maximum absolute atomic E-state index is 13.9. The number of carbonyl (C=O) groups excluding carboxylic acids is 4. The minimum absolute atomic E-state index is 0.0233. The molecular weight excluding hydrogens is 932 g/mol. The fraction of sp³-hybridized carbons (Fsp3) is 0.458. The van der Waals surface area contributed by atoms with Crippen LogP contribution in [0.25, 0.3) is 0 Å². The van der Waals surface area contributed by atoms with Gasteiger partial charge in [0.15, 0.2) is 6.61 Å². The van der Waals surface area contributed by atoms with E-state index in [2.05, 4.69) is 38.0 Å². The van der Waals surface area contributed by atoms with E-state index in [4.69, 9.17) is 21.4 Å². The van der Waals surface area contributed by atoms with Crippen molar-refractivity contribution in [1.29, 1.82) is 0 Å². The van der Waals surface area contributed by atoms with Crippen molar-refractivity contribution in [1.82, 2.24) is 14.5 Å². The molecule has 68 heavy (non-hydrogen) atoms. The van der Waals surface area contributed by atoms with Crippen LogP contribution in [-0.2, 0) is 34.5 Å². The van der Waals surface area contributed by atoms with Crippen LogP contribution in [0.1, 0.15) is 61.8 Å². The van der Waals surface area contributed by atoms with Gasteiger partial charge >= 0.3 is 18.0 Å². The molecule has 0 aromatic heterocycles. The van der Waals surface area contributed by atoms with E-state index < -0.39 is 29.2 Å². The molecule has 3 fully saturated rings. The van der Waals surface area contributed by atoms with Gasteiger partial charge in [-0.25, -0.2) is 14.4 Å². The fourth-order valence-corrected chi connectivity index (χ4v) is 11.9. The molecule has 3 atom stereocenters. The number of hydrogen-bond acceptors (Lipinski definition) is 13. The Morgan fingerprint density at radius 2 is 1.68 bits per heavy atom. The van der Waals surface area contributed by atoms with Gasteiger partial charge in [0, 0.05) is 101 Å². The number of carboxylic acids is 2. The van der Waals surface area contributed by atoms with Crippen molar-refractivity contribution in [3.8, 4) is 0 Å². The summed E-state index contributed by atoms with van der Waals surface area (Å²) in [4.78, 5) is 81.2. The average Bonchev–Trinajstić information content (AvgIpc) is 3.90. The number of ether oxygens (including phenoxy) is 1. The van der Waals surface area contributed by atoms with Crippen molar-refractivity contribution in [3.05, 3.63) is 88.5 Å². The molecule has 4 aliphatic rings. The SMILES string of the molecule is CC(CCC(=O)NC=O)N(C)c1ccc(N2CCC(N3CCN(c4cccc(CSN5CCC(Nc6cccc(C7SC(C(=O)O)=C(OCC(=O)O)C7Cl)c6)CC5)c4)C3=O)CC2)cc1N(C)C=O. The minimum Gasteiger partial charge on any atom is -0.483 e. The van der Waals surface area contributed by atoms with E-state index >= 15 is 0 Å². The lowest BCUT2D eigenvalue weighted by atomic mass is 10.0. The van der Waals surface area contributed by atoms with Crippen molar-refractivity contribution in [3.63, 3.8) is 0 Å². The number of carboxylic acid groups (broad SMARTS) is 2. The third-order valence-electron chi connectivity index (χ3n) is 13.1. The molecule has 3 aromatic rings. The van der Waals surface area contributed by atoms with Crippen LogP contribution < -0.4 is 30.2 Å². The first-order valence-corrected chi connectivity index (χ1v) is 25.1. The molecule has 3 saturated heterocycles. The molecule has 5 amide bonds. The van der Waals surface area contributed by atoms with E-state index in [0.29, 0.717) is 25.9 Å². The predicted molar refractivity (Wildman–Crippen MR) is 268 cm³/mol. The first kappa shape index (κ1) is 50.3. The highest BCUT2D eigenvalue weighted by molar-refractivity contribution is 8.04. The molecule has 0 spiro atoms. The largest absolute Gasteiger partial charge is 0.483 e. The van der Waals surface area contributed by atoms with Gasteiger partial charge in [0.25, 0.3) is 0 Å². The van der Waals surface area contributed by atoms with Gasteiger partial charge in [-0.2, -0.15) is 0 Å². The van der Waals surface area contributed by atoms with Crippen LogP contribution in [0.4, 0.5) is 33.2 Å². The number of urea groups is 1. The average molecular weight is 992 g/mol. The number of carbonyl (C=O) groups is 6. The number of benzene rings is 3. The van der Waals surface area contributed by atoms with Crippen molar-refractivity contribution >= 4 is 100 Å². The molecule has 4 aliphatic heterocycles. The van der Waals surface area contributed by atoms with Crippen LogP contribution in [0.5, 0.6) is 0 Å². The van der Waals surface area contributed by atoms with Crippen LogP contribution in [0.2, 0.25) is 0 Å². The third-order valence-corrected chi connectivity index (χ3v) is 16.3. The van der Waals surface area contributed by atoms with Crippen LogP contribution in [0, 0.1) is 0 Å². The number of amides is 5. The summed E-state index contributed by atoms with van der Waals surface area (Å²) >= 11 is 9.51. The highest BCUT2D eigenvalue weighted by Gasteiger charge is 2.41. The van der Waals surface area contributed by atoms with Crippen molar-refractivity contribution in [2.24, 2.45) is 0 Å². The van der Waals surface area contributed by atoms with Crippen LogP contribution in [0.15, 0.2) is 77.4 Å². The number of nitrogens with one attached hydrogen (secondary N) is 2. The topological polar surface area (TPSA) is 196 Å². The lowest BCUT2D eigenvalue weighted by Gasteiger charge is -2.38. The number of piperidine rings is 2. The maximum Gasteiger partial charge on any atom is 0.345 e. The van der Waals surface area contributed by atoms with E-state index in [0.717, 1.165) is 115 Å². The monoisotopic (exact) mass is 990 g/mol. The normalized spacial score (nSPS) is 19.8. The molecule has 4 heterocycles. The molecule has 0 radical (unpaired) electrons. The van der Waals surface area contributed by atoms with E-state index in [9.17, 15) is 33.9 Å². The van der Waals surface area contributed by atoms with Crippen LogP contribution in [-0.4, -0.2) is 140 Å². The Morgan fingerprint density at radius 1 is 0.926 bits per heavy atom. The Hall–Kier alpha value is -5.63. The van der Waals surface area contributed by atoms with Gasteiger partial charge in [0.2, 0.25) is 18.7 Å². The molecular formula is C48H59ClN8O9S2. The summed E-state index contributed by atoms with van der Waals surface area (Å²) in [7, 11) is 3.66. The Bertz CT molecular complexity index is 2360. The lowest BCUT2D eigenvalue weighted by Crippen LogP contribution is -2.46. The quantitative estimate of drug-likeness (QED) is 0.0507. The maximum atomic E-state index is 13.9. The predicted octanol–water partition coefficient (Wildman–Crippen LogP) is 6.59. The van der Waals surface area contributed by atoms with Gasteiger partial charge < -0.3 is 39.9 Å². The zero-order valence-corrected chi connectivity index (χ0v) is 40.8. The lowest BCUT2D eigenvalue weighted by molar-refractivity contribution is -0.141. The summed E-state index contributed by atoms with van der Waals surface area (Å²) in [5.41, 5.74) is 6.39. The second-order valence-electron chi connectivity index (χ2n) is 17.5. The van der Waals surface area contributed by atoms with Gasteiger partial charge in [0.05, 0.1) is 16.6 Å². The number of nitrogens with zero attached hydrogens (tertiary/aromatic N) is 6. The first-order chi connectivity index (χ1) is 32.7. The van der Waals surface area contributed by atoms with E-state index in [1.165, 1.54) is 0 Å². The Kier molecular flexibility index (Phi) is 17.1. The summed E-state index contributed by atoms with van der Waals surface area (Å²) in [5.74, 6) is -1.98. The van der Waals surface area contributed by atoms with Gasteiger partial charge in [0.1, 0.15) is 16.0 Å². The summed E-state index contributed by atoms with van der Waals surface area (Å²) in [6.45, 7) is 5.95. The molecule has 20 heteroatoms. The highest BCUT2D eigenvalue weighted by atomic mass is 35.5. The van der Waals surface area contributed by atoms with Crippen molar-refractivity contribution < 1.29 is 43.7 Å². The summed E-state index contributed by atoms with van der Waals surface area (Å²) in [5, 5.41) is 23.3. The Labute approximate surface area is 410 Å². The second-order valence-corrected chi connectivity index (χ2v) is 20.1. The highest BCUT2D eigenvalue weighted by Crippen LogP contribution is 2.51. The third kappa shape index (κ3) is 12.1. The number of aliphatic carboxylic acids is 2. The fourth-order valence-electron chi connectivity index (χ4n) is 9.16. The zero-order valence-electron chi connectivity index (χ0n) is 38.4. The zero-order chi connectivity index (χ0) is 48.5. The molecule has 0 saturated carbocycles. The molecule has 17 nitrogen and oxygen atoms in total. The Balaban J connectivity index is 0.867. The van der Waals surface area contributed by atoms with Gasteiger partial charge in [-0.3, -0.25) is 28.9 Å². The number of anilines is 5.